The number of hydrogen-bond acceptors (Lipinski definition) is 2. The first-order valence-electron chi connectivity index (χ1n) is 19.1. The van der Waals surface area contributed by atoms with Crippen molar-refractivity contribution < 1.29 is 4.42 Å². The van der Waals surface area contributed by atoms with Gasteiger partial charge in [-0.3, -0.25) is 0 Å². The maximum absolute atomic E-state index is 6.31. The molecule has 0 fully saturated rings. The van der Waals surface area contributed by atoms with Crippen molar-refractivity contribution in [2.24, 2.45) is 0 Å². The molecular formula is C54H37NO. The number of anilines is 3. The third-order valence-corrected chi connectivity index (χ3v) is 10.7. The Kier molecular flexibility index (Phi) is 8.55. The predicted molar refractivity (Wildman–Crippen MR) is 236 cm³/mol. The Bertz CT molecular complexity index is 2950. The number of benzene rings is 9. The Morgan fingerprint density at radius 1 is 0.268 bits per heavy atom. The molecule has 264 valence electrons. The minimum Gasteiger partial charge on any atom is -0.456 e. The van der Waals surface area contributed by atoms with Gasteiger partial charge in [0.25, 0.3) is 0 Å². The van der Waals surface area contributed by atoms with Crippen LogP contribution >= 0.6 is 0 Å². The Balaban J connectivity index is 1.22. The van der Waals surface area contributed by atoms with Crippen molar-refractivity contribution in [2.75, 3.05) is 4.90 Å². The van der Waals surface area contributed by atoms with E-state index in [1.807, 2.05) is 12.1 Å². The second-order valence-corrected chi connectivity index (χ2v) is 14.1. The van der Waals surface area contributed by atoms with Crippen molar-refractivity contribution in [2.45, 2.75) is 0 Å². The Labute approximate surface area is 327 Å². The fourth-order valence-electron chi connectivity index (χ4n) is 8.01. The van der Waals surface area contributed by atoms with E-state index >= 15 is 0 Å². The molecule has 0 unspecified atom stereocenters. The molecule has 2 heteroatoms. The van der Waals surface area contributed by atoms with Crippen LogP contribution in [-0.4, -0.2) is 0 Å². The van der Waals surface area contributed by atoms with Crippen molar-refractivity contribution in [3.63, 3.8) is 0 Å². The van der Waals surface area contributed by atoms with Crippen LogP contribution in [-0.2, 0) is 0 Å². The number of para-hydroxylation sites is 2. The first-order valence-corrected chi connectivity index (χ1v) is 19.1. The lowest BCUT2D eigenvalue weighted by Crippen LogP contribution is -2.11. The maximum Gasteiger partial charge on any atom is 0.135 e. The maximum atomic E-state index is 6.31. The van der Waals surface area contributed by atoms with Gasteiger partial charge >= 0.3 is 0 Å². The summed E-state index contributed by atoms with van der Waals surface area (Å²) < 4.78 is 6.31. The smallest absolute Gasteiger partial charge is 0.135 e. The van der Waals surface area contributed by atoms with Crippen LogP contribution in [0.1, 0.15) is 0 Å². The van der Waals surface area contributed by atoms with E-state index in [0.717, 1.165) is 50.1 Å². The molecule has 56 heavy (non-hydrogen) atoms. The van der Waals surface area contributed by atoms with Gasteiger partial charge in [0.2, 0.25) is 0 Å². The molecule has 0 saturated carbocycles. The van der Waals surface area contributed by atoms with Gasteiger partial charge in [0.15, 0.2) is 0 Å². The lowest BCUT2D eigenvalue weighted by atomic mass is 9.86. The number of rotatable bonds is 8. The molecule has 0 aliphatic carbocycles. The Morgan fingerprint density at radius 2 is 0.768 bits per heavy atom. The summed E-state index contributed by atoms with van der Waals surface area (Å²) in [6, 6.07) is 80.2. The van der Waals surface area contributed by atoms with Crippen LogP contribution in [0.15, 0.2) is 229 Å². The first-order chi connectivity index (χ1) is 27.8. The average Bonchev–Trinajstić information content (AvgIpc) is 3.66. The molecule has 0 aliphatic rings. The normalized spacial score (nSPS) is 11.2. The minimum atomic E-state index is 0.873. The molecule has 9 aromatic carbocycles. The van der Waals surface area contributed by atoms with Gasteiger partial charge in [0.05, 0.1) is 5.69 Å². The first kappa shape index (κ1) is 33.2. The van der Waals surface area contributed by atoms with Crippen LogP contribution in [0.5, 0.6) is 0 Å². The van der Waals surface area contributed by atoms with Gasteiger partial charge in [0.1, 0.15) is 11.2 Å². The van der Waals surface area contributed by atoms with Gasteiger partial charge < -0.3 is 9.32 Å². The zero-order chi connectivity index (χ0) is 37.3. The summed E-state index contributed by atoms with van der Waals surface area (Å²) in [4.78, 5) is 2.40. The number of fused-ring (bicyclic) bond motifs is 3. The van der Waals surface area contributed by atoms with Crippen molar-refractivity contribution in [3.05, 3.63) is 224 Å². The van der Waals surface area contributed by atoms with Crippen LogP contribution in [0.3, 0.4) is 0 Å². The van der Waals surface area contributed by atoms with E-state index in [-0.39, 0.29) is 0 Å². The largest absolute Gasteiger partial charge is 0.456 e. The summed E-state index contributed by atoms with van der Waals surface area (Å²) in [6.07, 6.45) is 0. The quantitative estimate of drug-likeness (QED) is 0.156. The van der Waals surface area contributed by atoms with Gasteiger partial charge in [-0.2, -0.15) is 0 Å². The van der Waals surface area contributed by atoms with Crippen LogP contribution in [0.25, 0.3) is 77.6 Å². The lowest BCUT2D eigenvalue weighted by molar-refractivity contribution is 0.669. The molecule has 2 nitrogen and oxygen atoms in total. The molecule has 0 amide bonds. The average molecular weight is 716 g/mol. The predicted octanol–water partition coefficient (Wildman–Crippen LogP) is 15.4. The van der Waals surface area contributed by atoms with E-state index in [1.54, 1.807) is 0 Å². The summed E-state index contributed by atoms with van der Waals surface area (Å²) in [7, 11) is 0. The van der Waals surface area contributed by atoms with E-state index in [2.05, 4.69) is 217 Å². The zero-order valence-corrected chi connectivity index (χ0v) is 30.7. The summed E-state index contributed by atoms with van der Waals surface area (Å²) >= 11 is 0. The number of hydrogen-bond donors (Lipinski definition) is 0. The number of furan rings is 1. The minimum absolute atomic E-state index is 0.873. The van der Waals surface area contributed by atoms with E-state index < -0.39 is 0 Å². The van der Waals surface area contributed by atoms with Gasteiger partial charge in [-0.1, -0.05) is 176 Å². The van der Waals surface area contributed by atoms with Crippen molar-refractivity contribution in [3.8, 4) is 55.6 Å². The summed E-state index contributed by atoms with van der Waals surface area (Å²) in [6.45, 7) is 0. The molecule has 0 saturated heterocycles. The van der Waals surface area contributed by atoms with Gasteiger partial charge in [0, 0.05) is 27.7 Å². The Hall–Kier alpha value is -7.42. The van der Waals surface area contributed by atoms with E-state index in [9.17, 15) is 0 Å². The second kappa shape index (κ2) is 14.4. The highest BCUT2D eigenvalue weighted by atomic mass is 16.3. The molecule has 10 aromatic rings. The molecule has 0 spiro atoms. The van der Waals surface area contributed by atoms with E-state index in [4.69, 9.17) is 4.42 Å². The topological polar surface area (TPSA) is 16.4 Å². The molecule has 0 radical (unpaired) electrons. The third-order valence-electron chi connectivity index (χ3n) is 10.7. The Morgan fingerprint density at radius 3 is 1.50 bits per heavy atom. The standard InChI is InChI=1S/C54H37NO/c1-4-16-38(17-5-1)40-28-31-43(32-29-40)55(44-33-35-54-51(37-44)49-25-13-15-27-53(49)56-54)52-26-14-12-24-48(52)50-36-42(39-18-6-2-7-19-39)30-34-47(50)46-23-11-10-22-45(46)41-20-8-3-9-21-41/h1-37H. The van der Waals surface area contributed by atoms with Crippen molar-refractivity contribution in [1.29, 1.82) is 0 Å². The SMILES string of the molecule is c1ccc(-c2ccc(N(c3ccc4oc5ccccc5c4c3)c3ccccc3-c3cc(-c4ccccc4)ccc3-c3ccccc3-c3ccccc3)cc2)cc1. The lowest BCUT2D eigenvalue weighted by Gasteiger charge is -2.29. The monoisotopic (exact) mass is 715 g/mol. The molecular weight excluding hydrogens is 679 g/mol. The fourth-order valence-corrected chi connectivity index (χ4v) is 8.01. The zero-order valence-electron chi connectivity index (χ0n) is 30.7. The molecule has 1 heterocycles. The highest BCUT2D eigenvalue weighted by molar-refractivity contribution is 6.07. The molecule has 1 aromatic heterocycles. The third kappa shape index (κ3) is 6.14. The summed E-state index contributed by atoms with van der Waals surface area (Å²) in [5.74, 6) is 0. The highest BCUT2D eigenvalue weighted by Crippen LogP contribution is 2.47. The van der Waals surface area contributed by atoms with Crippen LogP contribution in [0.4, 0.5) is 17.1 Å². The van der Waals surface area contributed by atoms with E-state index in [0.29, 0.717) is 0 Å². The van der Waals surface area contributed by atoms with Crippen LogP contribution in [0.2, 0.25) is 0 Å². The fraction of sp³-hybridized carbons (Fsp3) is 0. The number of nitrogens with zero attached hydrogens (tertiary/aromatic N) is 1. The highest BCUT2D eigenvalue weighted by Gasteiger charge is 2.22. The molecule has 0 atom stereocenters. The molecule has 10 rings (SSSR count). The van der Waals surface area contributed by atoms with Crippen molar-refractivity contribution >= 4 is 39.0 Å². The van der Waals surface area contributed by atoms with Crippen LogP contribution < -0.4 is 4.90 Å². The van der Waals surface area contributed by atoms with Crippen molar-refractivity contribution in [1.82, 2.24) is 0 Å². The molecule has 0 aliphatic heterocycles. The van der Waals surface area contributed by atoms with Crippen LogP contribution in [0, 0.1) is 0 Å². The summed E-state index contributed by atoms with van der Waals surface area (Å²) in [5.41, 5.74) is 16.7. The van der Waals surface area contributed by atoms with Gasteiger partial charge in [-0.15, -0.1) is 0 Å². The second-order valence-electron chi connectivity index (χ2n) is 14.1. The van der Waals surface area contributed by atoms with E-state index in [1.165, 1.54) is 44.5 Å². The molecule has 0 N–H and O–H groups in total. The molecule has 0 bridgehead atoms. The summed E-state index contributed by atoms with van der Waals surface area (Å²) in [5, 5.41) is 2.19. The van der Waals surface area contributed by atoms with Gasteiger partial charge in [-0.25, -0.2) is 0 Å². The van der Waals surface area contributed by atoms with Gasteiger partial charge in [-0.05, 0) is 98.6 Å².